The number of benzene rings is 1. The van der Waals surface area contributed by atoms with E-state index in [9.17, 15) is 15.0 Å². The van der Waals surface area contributed by atoms with Gasteiger partial charge < -0.3 is 10.2 Å². The summed E-state index contributed by atoms with van der Waals surface area (Å²) >= 11 is 0. The summed E-state index contributed by atoms with van der Waals surface area (Å²) in [6, 6.07) is 7.41. The maximum absolute atomic E-state index is 11.2. The van der Waals surface area contributed by atoms with Crippen LogP contribution in [0.25, 0.3) is 0 Å². The standard InChI is InChI=1S/C15H21NO3/c1-3-13(11-6-4-5-7-14(11)17)16-8-10(2)12(9-16)15(18)19/h4-7,10,12-13,17H,3,8-9H2,1-2H3,(H,18,19). The number of nitrogens with zero attached hydrogens (tertiary/aromatic N) is 1. The minimum absolute atomic E-state index is 0.0907. The van der Waals surface area contributed by atoms with Crippen LogP contribution in [0.1, 0.15) is 31.9 Å². The molecule has 0 radical (unpaired) electrons. The van der Waals surface area contributed by atoms with Crippen LogP contribution in [0.5, 0.6) is 5.75 Å². The Morgan fingerprint density at radius 1 is 1.42 bits per heavy atom. The number of likely N-dealkylation sites (tertiary alicyclic amines) is 1. The second-order valence-corrected chi connectivity index (χ2v) is 5.36. The summed E-state index contributed by atoms with van der Waals surface area (Å²) in [6.45, 7) is 5.37. The highest BCUT2D eigenvalue weighted by Crippen LogP contribution is 2.36. The molecule has 0 spiro atoms. The third-order valence-corrected chi connectivity index (χ3v) is 4.08. The SMILES string of the molecule is CCC(c1ccccc1O)N1CC(C)C(C(=O)O)C1. The summed E-state index contributed by atoms with van der Waals surface area (Å²) in [4.78, 5) is 13.4. The number of para-hydroxylation sites is 1. The van der Waals surface area contributed by atoms with Crippen molar-refractivity contribution in [2.75, 3.05) is 13.1 Å². The minimum Gasteiger partial charge on any atom is -0.508 e. The van der Waals surface area contributed by atoms with Gasteiger partial charge in [-0.2, -0.15) is 0 Å². The molecular formula is C15H21NO3. The molecule has 2 rings (SSSR count). The fourth-order valence-corrected chi connectivity index (χ4v) is 3.02. The number of phenolic OH excluding ortho intramolecular Hbond substituents is 1. The van der Waals surface area contributed by atoms with Gasteiger partial charge in [0.15, 0.2) is 0 Å². The van der Waals surface area contributed by atoms with Gasteiger partial charge in [-0.15, -0.1) is 0 Å². The van der Waals surface area contributed by atoms with E-state index in [0.717, 1.165) is 18.5 Å². The second kappa shape index (κ2) is 5.61. The topological polar surface area (TPSA) is 60.8 Å². The molecule has 0 amide bonds. The zero-order valence-corrected chi connectivity index (χ0v) is 11.4. The average Bonchev–Trinajstić information content (AvgIpc) is 2.75. The first kappa shape index (κ1) is 13.9. The summed E-state index contributed by atoms with van der Waals surface area (Å²) in [5.74, 6) is -0.583. The molecule has 1 fully saturated rings. The normalized spacial score (nSPS) is 25.4. The lowest BCUT2D eigenvalue weighted by Gasteiger charge is -2.27. The molecule has 4 heteroatoms. The molecule has 0 bridgehead atoms. The van der Waals surface area contributed by atoms with Gasteiger partial charge in [0.25, 0.3) is 0 Å². The Labute approximate surface area is 113 Å². The average molecular weight is 263 g/mol. The maximum atomic E-state index is 11.2. The van der Waals surface area contributed by atoms with E-state index in [1.54, 1.807) is 12.1 Å². The van der Waals surface area contributed by atoms with Gasteiger partial charge >= 0.3 is 5.97 Å². The van der Waals surface area contributed by atoms with E-state index in [2.05, 4.69) is 11.8 Å². The van der Waals surface area contributed by atoms with E-state index in [-0.39, 0.29) is 17.9 Å². The zero-order chi connectivity index (χ0) is 14.0. The van der Waals surface area contributed by atoms with Crippen LogP contribution in [0.2, 0.25) is 0 Å². The van der Waals surface area contributed by atoms with Crippen LogP contribution in [-0.4, -0.2) is 34.2 Å². The van der Waals surface area contributed by atoms with Crippen LogP contribution in [0, 0.1) is 11.8 Å². The monoisotopic (exact) mass is 263 g/mol. The molecule has 1 aliphatic heterocycles. The summed E-state index contributed by atoms with van der Waals surface area (Å²) in [7, 11) is 0. The number of phenols is 1. The second-order valence-electron chi connectivity index (χ2n) is 5.36. The Kier molecular flexibility index (Phi) is 4.10. The van der Waals surface area contributed by atoms with Gasteiger partial charge in [0.2, 0.25) is 0 Å². The third-order valence-electron chi connectivity index (χ3n) is 4.08. The van der Waals surface area contributed by atoms with E-state index in [4.69, 9.17) is 0 Å². The van der Waals surface area contributed by atoms with Crippen molar-refractivity contribution in [2.24, 2.45) is 11.8 Å². The first-order valence-electron chi connectivity index (χ1n) is 6.79. The fourth-order valence-electron chi connectivity index (χ4n) is 3.02. The highest BCUT2D eigenvalue weighted by molar-refractivity contribution is 5.71. The van der Waals surface area contributed by atoms with Crippen molar-refractivity contribution in [2.45, 2.75) is 26.3 Å². The van der Waals surface area contributed by atoms with Gasteiger partial charge in [-0.05, 0) is 18.4 Å². The molecule has 0 aliphatic carbocycles. The number of aliphatic carboxylic acids is 1. The van der Waals surface area contributed by atoms with E-state index >= 15 is 0 Å². The zero-order valence-electron chi connectivity index (χ0n) is 11.4. The Bertz CT molecular complexity index is 460. The predicted molar refractivity (Wildman–Crippen MR) is 73.0 cm³/mol. The Morgan fingerprint density at radius 3 is 2.63 bits per heavy atom. The largest absolute Gasteiger partial charge is 0.508 e. The lowest BCUT2D eigenvalue weighted by Crippen LogP contribution is -2.27. The van der Waals surface area contributed by atoms with E-state index < -0.39 is 5.97 Å². The Hall–Kier alpha value is -1.55. The lowest BCUT2D eigenvalue weighted by molar-refractivity contribution is -0.142. The number of carbonyl (C=O) groups is 1. The summed E-state index contributed by atoms with van der Waals surface area (Å²) < 4.78 is 0. The van der Waals surface area contributed by atoms with Gasteiger partial charge in [0, 0.05) is 24.7 Å². The number of carboxylic acid groups (broad SMARTS) is 1. The first-order chi connectivity index (χ1) is 9.04. The van der Waals surface area contributed by atoms with Crippen LogP contribution in [-0.2, 0) is 4.79 Å². The van der Waals surface area contributed by atoms with Crippen LogP contribution in [0.4, 0.5) is 0 Å². The van der Waals surface area contributed by atoms with Crippen molar-refractivity contribution in [3.05, 3.63) is 29.8 Å². The lowest BCUT2D eigenvalue weighted by atomic mass is 9.99. The quantitative estimate of drug-likeness (QED) is 0.876. The number of rotatable bonds is 4. The van der Waals surface area contributed by atoms with Crippen molar-refractivity contribution in [3.8, 4) is 5.75 Å². The van der Waals surface area contributed by atoms with Crippen LogP contribution in [0.3, 0.4) is 0 Å². The smallest absolute Gasteiger partial charge is 0.308 e. The summed E-state index contributed by atoms with van der Waals surface area (Å²) in [5, 5.41) is 19.2. The number of carboxylic acids is 1. The molecule has 1 aromatic carbocycles. The van der Waals surface area contributed by atoms with Crippen molar-refractivity contribution in [1.82, 2.24) is 4.90 Å². The van der Waals surface area contributed by atoms with Crippen LogP contribution < -0.4 is 0 Å². The summed E-state index contributed by atoms with van der Waals surface area (Å²) in [5.41, 5.74) is 0.892. The highest BCUT2D eigenvalue weighted by atomic mass is 16.4. The van der Waals surface area contributed by atoms with Crippen LogP contribution in [0.15, 0.2) is 24.3 Å². The molecule has 3 atom stereocenters. The molecule has 1 saturated heterocycles. The Balaban J connectivity index is 2.20. The van der Waals surface area contributed by atoms with Gasteiger partial charge in [0.05, 0.1) is 5.92 Å². The van der Waals surface area contributed by atoms with Crippen molar-refractivity contribution in [1.29, 1.82) is 0 Å². The number of hydrogen-bond acceptors (Lipinski definition) is 3. The molecule has 1 heterocycles. The molecular weight excluding hydrogens is 242 g/mol. The molecule has 1 aromatic rings. The van der Waals surface area contributed by atoms with Crippen molar-refractivity contribution >= 4 is 5.97 Å². The van der Waals surface area contributed by atoms with Gasteiger partial charge in [-0.1, -0.05) is 32.0 Å². The maximum Gasteiger partial charge on any atom is 0.308 e. The molecule has 3 unspecified atom stereocenters. The molecule has 1 aliphatic rings. The highest BCUT2D eigenvalue weighted by Gasteiger charge is 2.38. The van der Waals surface area contributed by atoms with Gasteiger partial charge in [-0.25, -0.2) is 0 Å². The molecule has 4 nitrogen and oxygen atoms in total. The van der Waals surface area contributed by atoms with Gasteiger partial charge in [-0.3, -0.25) is 9.69 Å². The summed E-state index contributed by atoms with van der Waals surface area (Å²) in [6.07, 6.45) is 0.858. The van der Waals surface area contributed by atoms with Crippen molar-refractivity contribution < 1.29 is 15.0 Å². The first-order valence-corrected chi connectivity index (χ1v) is 6.79. The molecule has 0 saturated carbocycles. The van der Waals surface area contributed by atoms with Gasteiger partial charge in [0.1, 0.15) is 5.75 Å². The third kappa shape index (κ3) is 2.73. The van der Waals surface area contributed by atoms with Crippen molar-refractivity contribution in [3.63, 3.8) is 0 Å². The van der Waals surface area contributed by atoms with E-state index in [1.165, 1.54) is 0 Å². The molecule has 2 N–H and O–H groups in total. The number of hydrogen-bond donors (Lipinski definition) is 2. The Morgan fingerprint density at radius 2 is 2.11 bits per heavy atom. The fraction of sp³-hybridized carbons (Fsp3) is 0.533. The number of aromatic hydroxyl groups is 1. The van der Waals surface area contributed by atoms with Crippen LogP contribution >= 0.6 is 0 Å². The minimum atomic E-state index is -0.720. The van der Waals surface area contributed by atoms with E-state index in [1.807, 2.05) is 19.1 Å². The molecule has 104 valence electrons. The predicted octanol–water partition coefficient (Wildman–Crippen LogP) is 2.50. The molecule has 19 heavy (non-hydrogen) atoms. The van der Waals surface area contributed by atoms with E-state index in [0.29, 0.717) is 12.3 Å². The molecule has 0 aromatic heterocycles.